The predicted molar refractivity (Wildman–Crippen MR) is 89.0 cm³/mol. The van der Waals surface area contributed by atoms with Crippen LogP contribution in [0.15, 0.2) is 40.6 Å². The van der Waals surface area contributed by atoms with Crippen LogP contribution in [0.1, 0.15) is 20.8 Å². The van der Waals surface area contributed by atoms with E-state index in [-0.39, 0.29) is 10.5 Å². The molecule has 0 fully saturated rings. The number of sulfonamides is 1. The van der Waals surface area contributed by atoms with Crippen LogP contribution in [0.3, 0.4) is 0 Å². The van der Waals surface area contributed by atoms with Crippen LogP contribution in [-0.2, 0) is 26.1 Å². The van der Waals surface area contributed by atoms with E-state index in [9.17, 15) is 18.0 Å². The van der Waals surface area contributed by atoms with Gasteiger partial charge in [0.25, 0.3) is 5.91 Å². The maximum Gasteiger partial charge on any atom is 0.338 e. The Morgan fingerprint density at radius 2 is 2.04 bits per heavy atom. The summed E-state index contributed by atoms with van der Waals surface area (Å²) in [4.78, 5) is 24.5. The molecule has 24 heavy (non-hydrogen) atoms. The highest BCUT2D eigenvalue weighted by Crippen LogP contribution is 2.15. The summed E-state index contributed by atoms with van der Waals surface area (Å²) in [5.41, 5.74) is 0.568. The first-order chi connectivity index (χ1) is 11.3. The maximum atomic E-state index is 12.0. The van der Waals surface area contributed by atoms with Crippen LogP contribution in [0.2, 0.25) is 0 Å². The van der Waals surface area contributed by atoms with Crippen molar-refractivity contribution < 1.29 is 22.7 Å². The van der Waals surface area contributed by atoms with Gasteiger partial charge in [-0.15, -0.1) is 11.3 Å². The van der Waals surface area contributed by atoms with Gasteiger partial charge in [0.15, 0.2) is 6.61 Å². The second-order valence-corrected chi connectivity index (χ2v) is 7.55. The number of carbonyl (C=O) groups is 2. The molecule has 0 saturated heterocycles. The molecule has 7 nitrogen and oxygen atoms in total. The molecule has 0 aliphatic rings. The number of aryl methyl sites for hydroxylation is 1. The Bertz CT molecular complexity index is 845. The Morgan fingerprint density at radius 1 is 1.29 bits per heavy atom. The Morgan fingerprint density at radius 3 is 2.67 bits per heavy atom. The SMILES string of the molecule is Cc1ccc(S(N)(=O)=O)cc1C(=O)OCC(=O)NCc1cccs1. The fraction of sp³-hybridized carbons (Fsp3) is 0.200. The number of rotatable bonds is 6. The lowest BCUT2D eigenvalue weighted by Gasteiger charge is -2.09. The number of nitrogens with one attached hydrogen (secondary N) is 1. The van der Waals surface area contributed by atoms with Gasteiger partial charge in [0.1, 0.15) is 0 Å². The molecule has 0 saturated carbocycles. The molecule has 0 aliphatic carbocycles. The monoisotopic (exact) mass is 368 g/mol. The number of ether oxygens (including phenoxy) is 1. The standard InChI is InChI=1S/C15H16N2O5S2/c1-10-4-5-12(24(16,20)21)7-13(10)15(19)22-9-14(18)17-8-11-3-2-6-23-11/h2-7H,8-9H2,1H3,(H,17,18)(H2,16,20,21). The van der Waals surface area contributed by atoms with Gasteiger partial charge in [0.2, 0.25) is 10.0 Å². The van der Waals surface area contributed by atoms with Gasteiger partial charge < -0.3 is 10.1 Å². The van der Waals surface area contributed by atoms with Gasteiger partial charge >= 0.3 is 5.97 Å². The largest absolute Gasteiger partial charge is 0.452 e. The summed E-state index contributed by atoms with van der Waals surface area (Å²) in [7, 11) is -3.93. The lowest BCUT2D eigenvalue weighted by atomic mass is 10.1. The third kappa shape index (κ3) is 4.88. The third-order valence-corrected chi connectivity index (χ3v) is 4.92. The Balaban J connectivity index is 1.96. The zero-order chi connectivity index (χ0) is 17.7. The zero-order valence-corrected chi connectivity index (χ0v) is 14.4. The molecular weight excluding hydrogens is 352 g/mol. The smallest absolute Gasteiger partial charge is 0.338 e. The molecule has 3 N–H and O–H groups in total. The number of hydrogen-bond donors (Lipinski definition) is 2. The van der Waals surface area contributed by atoms with Gasteiger partial charge in [-0.05, 0) is 36.1 Å². The van der Waals surface area contributed by atoms with Crippen molar-refractivity contribution in [2.24, 2.45) is 5.14 Å². The molecule has 0 aliphatic heterocycles. The molecule has 2 rings (SSSR count). The van der Waals surface area contributed by atoms with Crippen LogP contribution in [0.4, 0.5) is 0 Å². The van der Waals surface area contributed by atoms with Gasteiger partial charge in [-0.3, -0.25) is 4.79 Å². The van der Waals surface area contributed by atoms with Crippen LogP contribution >= 0.6 is 11.3 Å². The molecule has 1 amide bonds. The number of thiophene rings is 1. The Kier molecular flexibility index (Phi) is 5.71. The van der Waals surface area contributed by atoms with Crippen molar-refractivity contribution in [3.05, 3.63) is 51.7 Å². The zero-order valence-electron chi connectivity index (χ0n) is 12.8. The van der Waals surface area contributed by atoms with Gasteiger partial charge in [0.05, 0.1) is 17.0 Å². The summed E-state index contributed by atoms with van der Waals surface area (Å²) in [6, 6.07) is 7.63. The van der Waals surface area contributed by atoms with E-state index in [0.29, 0.717) is 12.1 Å². The molecule has 0 radical (unpaired) electrons. The molecule has 0 spiro atoms. The molecule has 1 heterocycles. The number of benzene rings is 1. The molecule has 9 heteroatoms. The van der Waals surface area contributed by atoms with Crippen LogP contribution in [0, 0.1) is 6.92 Å². The highest BCUT2D eigenvalue weighted by molar-refractivity contribution is 7.89. The Hall–Kier alpha value is -2.23. The van der Waals surface area contributed by atoms with Crippen molar-refractivity contribution >= 4 is 33.2 Å². The van der Waals surface area contributed by atoms with Crippen LogP contribution in [-0.4, -0.2) is 26.9 Å². The van der Waals surface area contributed by atoms with Crippen molar-refractivity contribution in [2.75, 3.05) is 6.61 Å². The lowest BCUT2D eigenvalue weighted by molar-refractivity contribution is -0.124. The minimum absolute atomic E-state index is 0.0487. The topological polar surface area (TPSA) is 116 Å². The second kappa shape index (κ2) is 7.56. The molecule has 1 aromatic heterocycles. The molecule has 1 aromatic carbocycles. The van der Waals surface area contributed by atoms with E-state index in [1.165, 1.54) is 23.5 Å². The van der Waals surface area contributed by atoms with Crippen LogP contribution < -0.4 is 10.5 Å². The molecule has 128 valence electrons. The van der Waals surface area contributed by atoms with E-state index in [1.54, 1.807) is 6.92 Å². The first-order valence-electron chi connectivity index (χ1n) is 6.87. The minimum Gasteiger partial charge on any atom is -0.452 e. The van der Waals surface area contributed by atoms with E-state index in [4.69, 9.17) is 9.88 Å². The first kappa shape index (κ1) is 18.1. The normalized spacial score (nSPS) is 11.1. The number of amides is 1. The molecule has 0 atom stereocenters. The summed E-state index contributed by atoms with van der Waals surface area (Å²) in [6.45, 7) is 1.53. The van der Waals surface area contributed by atoms with Crippen molar-refractivity contribution in [3.63, 3.8) is 0 Å². The molecule has 0 bridgehead atoms. The van der Waals surface area contributed by atoms with Crippen LogP contribution in [0.25, 0.3) is 0 Å². The summed E-state index contributed by atoms with van der Waals surface area (Å²) >= 11 is 1.50. The maximum absolute atomic E-state index is 12.0. The quantitative estimate of drug-likeness (QED) is 0.743. The Labute approximate surface area is 143 Å². The van der Waals surface area contributed by atoms with Gasteiger partial charge in [-0.2, -0.15) is 0 Å². The molecule has 0 unspecified atom stereocenters. The number of primary sulfonamides is 1. The van der Waals surface area contributed by atoms with Crippen molar-refractivity contribution in [1.29, 1.82) is 0 Å². The average molecular weight is 368 g/mol. The summed E-state index contributed by atoms with van der Waals surface area (Å²) in [5.74, 6) is -1.23. The second-order valence-electron chi connectivity index (χ2n) is 4.95. The van der Waals surface area contributed by atoms with Gasteiger partial charge in [-0.25, -0.2) is 18.4 Å². The van der Waals surface area contributed by atoms with Gasteiger partial charge in [-0.1, -0.05) is 12.1 Å². The fourth-order valence-corrected chi connectivity index (χ4v) is 3.04. The van der Waals surface area contributed by atoms with E-state index >= 15 is 0 Å². The average Bonchev–Trinajstić information content (AvgIpc) is 3.03. The number of nitrogens with two attached hydrogens (primary N) is 1. The third-order valence-electron chi connectivity index (χ3n) is 3.13. The summed E-state index contributed by atoms with van der Waals surface area (Å²) in [6.07, 6.45) is 0. The van der Waals surface area contributed by atoms with E-state index < -0.39 is 28.5 Å². The highest BCUT2D eigenvalue weighted by atomic mass is 32.2. The summed E-state index contributed by atoms with van der Waals surface area (Å²) in [5, 5.41) is 9.55. The van der Waals surface area contributed by atoms with Crippen molar-refractivity contribution in [2.45, 2.75) is 18.4 Å². The predicted octanol–water partition coefficient (Wildman–Crippen LogP) is 1.18. The summed E-state index contributed by atoms with van der Waals surface area (Å²) < 4.78 is 27.6. The van der Waals surface area contributed by atoms with Crippen LogP contribution in [0.5, 0.6) is 0 Å². The van der Waals surface area contributed by atoms with Crippen molar-refractivity contribution in [1.82, 2.24) is 5.32 Å². The lowest BCUT2D eigenvalue weighted by Crippen LogP contribution is -2.28. The molecular formula is C15H16N2O5S2. The first-order valence-corrected chi connectivity index (χ1v) is 9.29. The highest BCUT2D eigenvalue weighted by Gasteiger charge is 2.17. The number of carbonyl (C=O) groups excluding carboxylic acids is 2. The van der Waals surface area contributed by atoms with E-state index in [2.05, 4.69) is 5.32 Å². The number of hydrogen-bond acceptors (Lipinski definition) is 6. The van der Waals surface area contributed by atoms with Gasteiger partial charge in [0, 0.05) is 4.88 Å². The van der Waals surface area contributed by atoms with Crippen molar-refractivity contribution in [3.8, 4) is 0 Å². The fourth-order valence-electron chi connectivity index (χ4n) is 1.86. The van der Waals surface area contributed by atoms with E-state index in [1.807, 2.05) is 17.5 Å². The number of esters is 1. The molecule has 2 aromatic rings. The van der Waals surface area contributed by atoms with E-state index in [0.717, 1.165) is 10.9 Å². The minimum atomic E-state index is -3.93.